The third kappa shape index (κ3) is 2.41. The molecule has 3 N–H and O–H groups in total. The van der Waals surface area contributed by atoms with Crippen molar-refractivity contribution in [1.82, 2.24) is 10.2 Å². The minimum Gasteiger partial charge on any atom is -0.504 e. The first-order valence-electron chi connectivity index (χ1n) is 6.33. The molecule has 4 nitrogen and oxygen atoms in total. The lowest BCUT2D eigenvalue weighted by atomic mass is 10.0. The van der Waals surface area contributed by atoms with E-state index in [1.54, 1.807) is 12.1 Å². The number of nitrogens with zero attached hydrogens (tertiary/aromatic N) is 2. The van der Waals surface area contributed by atoms with E-state index in [2.05, 4.69) is 10.2 Å². The number of para-hydroxylation sites is 1. The highest BCUT2D eigenvalue weighted by molar-refractivity contribution is 5.78. The van der Waals surface area contributed by atoms with Crippen molar-refractivity contribution in [3.8, 4) is 28.1 Å². The van der Waals surface area contributed by atoms with E-state index in [1.807, 2.05) is 30.3 Å². The van der Waals surface area contributed by atoms with Gasteiger partial charge in [-0.15, -0.1) is 10.2 Å². The summed E-state index contributed by atoms with van der Waals surface area (Å²) in [6.07, 6.45) is 0. The van der Waals surface area contributed by atoms with E-state index in [4.69, 9.17) is 5.73 Å². The smallest absolute Gasteiger partial charge is 0.165 e. The van der Waals surface area contributed by atoms with Crippen LogP contribution in [0.25, 0.3) is 22.4 Å². The van der Waals surface area contributed by atoms with E-state index in [0.717, 1.165) is 5.56 Å². The van der Waals surface area contributed by atoms with Gasteiger partial charge in [-0.1, -0.05) is 36.4 Å². The largest absolute Gasteiger partial charge is 0.504 e. The first-order chi connectivity index (χ1) is 10.2. The second-order valence-corrected chi connectivity index (χ2v) is 4.53. The molecule has 3 aromatic rings. The highest BCUT2D eigenvalue weighted by Crippen LogP contribution is 2.33. The fourth-order valence-electron chi connectivity index (χ4n) is 2.10. The number of nitrogen functional groups attached to an aromatic ring is 1. The summed E-state index contributed by atoms with van der Waals surface area (Å²) >= 11 is 0. The maximum atomic E-state index is 13.4. The maximum absolute atomic E-state index is 13.4. The first kappa shape index (κ1) is 13.1. The SMILES string of the molecule is Nc1nnc(-c2cccc(F)c2O)cc1-c1ccccc1. The number of nitrogens with two attached hydrogens (primary N) is 1. The second-order valence-electron chi connectivity index (χ2n) is 4.53. The summed E-state index contributed by atoms with van der Waals surface area (Å²) in [6.45, 7) is 0. The van der Waals surface area contributed by atoms with E-state index in [-0.39, 0.29) is 11.4 Å². The molecule has 2 aromatic carbocycles. The van der Waals surface area contributed by atoms with Gasteiger partial charge in [0.2, 0.25) is 0 Å². The Morgan fingerprint density at radius 3 is 2.43 bits per heavy atom. The Morgan fingerprint density at radius 2 is 1.67 bits per heavy atom. The Hall–Kier alpha value is -2.95. The van der Waals surface area contributed by atoms with Gasteiger partial charge < -0.3 is 10.8 Å². The number of aromatic nitrogens is 2. The minimum absolute atomic E-state index is 0.277. The number of halogens is 1. The predicted octanol–water partition coefficient (Wildman–Crippen LogP) is 3.24. The molecule has 1 heterocycles. The van der Waals surface area contributed by atoms with Gasteiger partial charge in [-0.2, -0.15) is 0 Å². The van der Waals surface area contributed by atoms with Crippen LogP contribution in [0.4, 0.5) is 10.2 Å². The lowest BCUT2D eigenvalue weighted by molar-refractivity contribution is 0.434. The van der Waals surface area contributed by atoms with Crippen LogP contribution in [0, 0.1) is 5.82 Å². The van der Waals surface area contributed by atoms with Crippen molar-refractivity contribution in [2.45, 2.75) is 0 Å². The number of phenolic OH excluding ortho intramolecular Hbond substituents is 1. The van der Waals surface area contributed by atoms with Crippen LogP contribution in [0.1, 0.15) is 0 Å². The standard InChI is InChI=1S/C16H12FN3O/c17-13-8-4-7-11(15(13)21)14-9-12(16(18)20-19-14)10-5-2-1-3-6-10/h1-9,21H,(H2,18,20). The average Bonchev–Trinajstić information content (AvgIpc) is 2.52. The van der Waals surface area contributed by atoms with Crippen LogP contribution in [-0.4, -0.2) is 15.3 Å². The van der Waals surface area contributed by atoms with E-state index in [0.29, 0.717) is 11.3 Å². The van der Waals surface area contributed by atoms with Gasteiger partial charge >= 0.3 is 0 Å². The molecule has 0 aliphatic heterocycles. The molecule has 0 amide bonds. The average molecular weight is 281 g/mol. The van der Waals surface area contributed by atoms with Crippen LogP contribution in [0.5, 0.6) is 5.75 Å². The van der Waals surface area contributed by atoms with Crippen LogP contribution in [0.3, 0.4) is 0 Å². The Labute approximate surface area is 120 Å². The normalized spacial score (nSPS) is 10.5. The highest BCUT2D eigenvalue weighted by Gasteiger charge is 2.13. The quantitative estimate of drug-likeness (QED) is 0.756. The fraction of sp³-hybridized carbons (Fsp3) is 0. The number of benzene rings is 2. The molecule has 0 aliphatic carbocycles. The molecule has 104 valence electrons. The lowest BCUT2D eigenvalue weighted by Crippen LogP contribution is -1.99. The summed E-state index contributed by atoms with van der Waals surface area (Å²) in [5.74, 6) is -0.871. The van der Waals surface area contributed by atoms with Crippen molar-refractivity contribution >= 4 is 5.82 Å². The van der Waals surface area contributed by atoms with Crippen LogP contribution in [0.15, 0.2) is 54.6 Å². The van der Waals surface area contributed by atoms with Crippen LogP contribution in [-0.2, 0) is 0 Å². The zero-order valence-electron chi connectivity index (χ0n) is 11.0. The summed E-state index contributed by atoms with van der Waals surface area (Å²) in [7, 11) is 0. The summed E-state index contributed by atoms with van der Waals surface area (Å²) in [6, 6.07) is 15.4. The van der Waals surface area contributed by atoms with Crippen molar-refractivity contribution in [2.75, 3.05) is 5.73 Å². The number of phenols is 1. The van der Waals surface area contributed by atoms with Gasteiger partial charge in [0.15, 0.2) is 17.4 Å². The van der Waals surface area contributed by atoms with E-state index in [9.17, 15) is 9.50 Å². The minimum atomic E-state index is -0.701. The molecular weight excluding hydrogens is 269 g/mol. The number of anilines is 1. The molecule has 0 saturated carbocycles. The fourth-order valence-corrected chi connectivity index (χ4v) is 2.10. The van der Waals surface area contributed by atoms with E-state index < -0.39 is 11.6 Å². The maximum Gasteiger partial charge on any atom is 0.165 e. The van der Waals surface area contributed by atoms with Crippen LogP contribution >= 0.6 is 0 Å². The molecule has 0 spiro atoms. The van der Waals surface area contributed by atoms with Crippen molar-refractivity contribution < 1.29 is 9.50 Å². The van der Waals surface area contributed by atoms with Gasteiger partial charge in [-0.25, -0.2) is 4.39 Å². The zero-order chi connectivity index (χ0) is 14.8. The summed E-state index contributed by atoms with van der Waals surface area (Å²) < 4.78 is 13.4. The number of hydrogen-bond donors (Lipinski definition) is 2. The van der Waals surface area contributed by atoms with Crippen molar-refractivity contribution in [2.24, 2.45) is 0 Å². The summed E-state index contributed by atoms with van der Waals surface area (Å²) in [4.78, 5) is 0. The molecule has 0 fully saturated rings. The monoisotopic (exact) mass is 281 g/mol. The third-order valence-electron chi connectivity index (χ3n) is 3.17. The molecular formula is C16H12FN3O. The molecule has 21 heavy (non-hydrogen) atoms. The Morgan fingerprint density at radius 1 is 0.905 bits per heavy atom. The molecule has 0 unspecified atom stereocenters. The van der Waals surface area contributed by atoms with E-state index >= 15 is 0 Å². The van der Waals surface area contributed by atoms with Gasteiger partial charge in [0.1, 0.15) is 0 Å². The number of hydrogen-bond acceptors (Lipinski definition) is 4. The summed E-state index contributed by atoms with van der Waals surface area (Å²) in [5.41, 5.74) is 8.06. The van der Waals surface area contributed by atoms with Gasteiger partial charge in [-0.3, -0.25) is 0 Å². The molecule has 0 aliphatic rings. The number of aromatic hydroxyl groups is 1. The van der Waals surface area contributed by atoms with Crippen molar-refractivity contribution in [3.05, 3.63) is 60.4 Å². The number of rotatable bonds is 2. The topological polar surface area (TPSA) is 72.0 Å². The molecule has 0 bridgehead atoms. The third-order valence-corrected chi connectivity index (χ3v) is 3.17. The van der Waals surface area contributed by atoms with Gasteiger partial charge in [-0.05, 0) is 23.8 Å². The molecule has 0 saturated heterocycles. The van der Waals surface area contributed by atoms with Gasteiger partial charge in [0.05, 0.1) is 5.69 Å². The molecule has 5 heteroatoms. The van der Waals surface area contributed by atoms with Crippen LogP contribution in [0.2, 0.25) is 0 Å². The summed E-state index contributed by atoms with van der Waals surface area (Å²) in [5, 5.41) is 17.6. The Balaban J connectivity index is 2.16. The van der Waals surface area contributed by atoms with Crippen molar-refractivity contribution in [1.29, 1.82) is 0 Å². The molecule has 1 aromatic heterocycles. The molecule has 3 rings (SSSR count). The van der Waals surface area contributed by atoms with E-state index in [1.165, 1.54) is 12.1 Å². The molecule has 0 atom stereocenters. The first-order valence-corrected chi connectivity index (χ1v) is 6.33. The van der Waals surface area contributed by atoms with Gasteiger partial charge in [0.25, 0.3) is 0 Å². The predicted molar refractivity (Wildman–Crippen MR) is 78.9 cm³/mol. The molecule has 0 radical (unpaired) electrons. The Bertz CT molecular complexity index is 791. The highest BCUT2D eigenvalue weighted by atomic mass is 19.1. The van der Waals surface area contributed by atoms with Gasteiger partial charge in [0, 0.05) is 11.1 Å². The van der Waals surface area contributed by atoms with Crippen LogP contribution < -0.4 is 5.73 Å². The Kier molecular flexibility index (Phi) is 3.23. The second kappa shape index (κ2) is 5.20. The zero-order valence-corrected chi connectivity index (χ0v) is 11.0. The lowest BCUT2D eigenvalue weighted by Gasteiger charge is -2.08. The van der Waals surface area contributed by atoms with Crippen molar-refractivity contribution in [3.63, 3.8) is 0 Å².